The first-order chi connectivity index (χ1) is 4.88. The molecule has 0 heterocycles. The molecule has 0 aromatic heterocycles. The fourth-order valence-corrected chi connectivity index (χ4v) is 1.68. The van der Waals surface area contributed by atoms with Crippen LogP contribution in [0.5, 0.6) is 5.75 Å². The van der Waals surface area contributed by atoms with E-state index < -0.39 is 0 Å². The van der Waals surface area contributed by atoms with Crippen LogP contribution in [0, 0.1) is 0 Å². The summed E-state index contributed by atoms with van der Waals surface area (Å²) < 4.78 is 6.27. The molecule has 1 rings (SSSR count). The molecule has 0 aliphatic heterocycles. The topological polar surface area (TPSA) is 9.23 Å². The van der Waals surface area contributed by atoms with Gasteiger partial charge in [0.05, 0.1) is 0 Å². The zero-order chi connectivity index (χ0) is 7.40. The van der Waals surface area contributed by atoms with Gasteiger partial charge in [0.25, 0.3) is 0 Å². The summed E-state index contributed by atoms with van der Waals surface area (Å²) in [4.78, 5) is 0. The Bertz CT molecular complexity index is 187. The summed E-state index contributed by atoms with van der Waals surface area (Å²) in [5, 5.41) is 0. The Morgan fingerprint density at radius 1 is 1.40 bits per heavy atom. The van der Waals surface area contributed by atoms with E-state index in [1.54, 1.807) is 7.11 Å². The van der Waals surface area contributed by atoms with Crippen molar-refractivity contribution in [3.8, 4) is 5.75 Å². The summed E-state index contributed by atoms with van der Waals surface area (Å²) in [5.41, 5.74) is 1.31. The van der Waals surface area contributed by atoms with Gasteiger partial charge in [0, 0.05) is 0 Å². The molecule has 2 heteroatoms. The molecule has 0 saturated carbocycles. The number of methoxy groups -OCH3 is 1. The van der Waals surface area contributed by atoms with Crippen molar-refractivity contribution in [1.82, 2.24) is 0 Å². The van der Waals surface area contributed by atoms with Crippen LogP contribution in [0.1, 0.15) is 5.56 Å². The third kappa shape index (κ3) is 1.66. The number of ether oxygens (including phenoxy) is 1. The van der Waals surface area contributed by atoms with Crippen molar-refractivity contribution in [2.45, 2.75) is 4.44 Å². The van der Waals surface area contributed by atoms with Crippen LogP contribution in [0.15, 0.2) is 24.3 Å². The Morgan fingerprint density at radius 2 is 2.10 bits per heavy atom. The standard InChI is InChI=1S/C8H9O.Sn/c1-7-5-3-4-6-8(7)9-2;/h3-6H,1H2,2H3;. The van der Waals surface area contributed by atoms with E-state index in [0.29, 0.717) is 0 Å². The minimum atomic E-state index is 1.01. The molecule has 10 heavy (non-hydrogen) atoms. The van der Waals surface area contributed by atoms with E-state index in [2.05, 4.69) is 6.07 Å². The summed E-state index contributed by atoms with van der Waals surface area (Å²) >= 11 is 1.52. The first kappa shape index (κ1) is 7.92. The van der Waals surface area contributed by atoms with Gasteiger partial charge >= 0.3 is 74.4 Å². The van der Waals surface area contributed by atoms with E-state index in [4.69, 9.17) is 4.74 Å². The molecule has 0 bridgehead atoms. The number of benzene rings is 1. The van der Waals surface area contributed by atoms with Crippen LogP contribution in [0.3, 0.4) is 0 Å². The van der Waals surface area contributed by atoms with Crippen LogP contribution < -0.4 is 4.74 Å². The second kappa shape index (κ2) is 3.86. The van der Waals surface area contributed by atoms with E-state index in [-0.39, 0.29) is 0 Å². The number of hydrogen-bond acceptors (Lipinski definition) is 1. The summed E-state index contributed by atoms with van der Waals surface area (Å²) in [6.45, 7) is 0. The summed E-state index contributed by atoms with van der Waals surface area (Å²) in [7, 11) is 1.71. The normalized spacial score (nSPS) is 9.40. The summed E-state index contributed by atoms with van der Waals surface area (Å²) in [6.07, 6.45) is 0. The number of rotatable bonds is 2. The molecule has 0 aliphatic rings. The summed E-state index contributed by atoms with van der Waals surface area (Å²) in [5.74, 6) is 1.01. The molecule has 1 nitrogen and oxygen atoms in total. The molecule has 0 aliphatic carbocycles. The number of para-hydroxylation sites is 1. The quantitative estimate of drug-likeness (QED) is 0.709. The molecular weight excluding hydrogens is 231 g/mol. The van der Waals surface area contributed by atoms with Gasteiger partial charge in [-0.3, -0.25) is 0 Å². The minimum absolute atomic E-state index is 1.01. The van der Waals surface area contributed by atoms with E-state index in [1.165, 1.54) is 28.1 Å². The van der Waals surface area contributed by atoms with Gasteiger partial charge in [-0.05, 0) is 0 Å². The average Bonchev–Trinajstić information content (AvgIpc) is 2.04. The van der Waals surface area contributed by atoms with E-state index in [1.807, 2.05) is 18.2 Å². The fourth-order valence-electron chi connectivity index (χ4n) is 0.849. The Labute approximate surface area is 74.5 Å². The average molecular weight is 240 g/mol. The maximum absolute atomic E-state index is 5.15. The van der Waals surface area contributed by atoms with Crippen LogP contribution in [0.25, 0.3) is 0 Å². The first-order valence-electron chi connectivity index (χ1n) is 3.15. The SMILES string of the molecule is COc1ccccc1[CH2][Sn]. The van der Waals surface area contributed by atoms with Crippen molar-refractivity contribution >= 4 is 22.5 Å². The van der Waals surface area contributed by atoms with Gasteiger partial charge in [0.1, 0.15) is 0 Å². The van der Waals surface area contributed by atoms with E-state index >= 15 is 0 Å². The summed E-state index contributed by atoms with van der Waals surface area (Å²) in [6, 6.07) is 8.14. The van der Waals surface area contributed by atoms with E-state index in [0.717, 1.165) is 10.2 Å². The molecule has 1 aromatic carbocycles. The van der Waals surface area contributed by atoms with Gasteiger partial charge in [-0.15, -0.1) is 0 Å². The zero-order valence-electron chi connectivity index (χ0n) is 5.92. The second-order valence-corrected chi connectivity index (χ2v) is 3.00. The van der Waals surface area contributed by atoms with Crippen molar-refractivity contribution in [2.24, 2.45) is 0 Å². The molecule has 0 unspecified atom stereocenters. The van der Waals surface area contributed by atoms with Crippen LogP contribution in [-0.2, 0) is 4.44 Å². The fraction of sp³-hybridized carbons (Fsp3) is 0.250. The van der Waals surface area contributed by atoms with Crippen LogP contribution in [-0.4, -0.2) is 29.6 Å². The van der Waals surface area contributed by atoms with Gasteiger partial charge in [-0.25, -0.2) is 0 Å². The zero-order valence-corrected chi connectivity index (χ0v) is 8.78. The molecule has 0 saturated heterocycles. The van der Waals surface area contributed by atoms with Crippen molar-refractivity contribution in [2.75, 3.05) is 7.11 Å². The van der Waals surface area contributed by atoms with Crippen LogP contribution >= 0.6 is 0 Å². The van der Waals surface area contributed by atoms with Crippen molar-refractivity contribution in [3.05, 3.63) is 29.8 Å². The Hall–Kier alpha value is -0.181. The Morgan fingerprint density at radius 3 is 2.60 bits per heavy atom. The maximum atomic E-state index is 5.15. The van der Waals surface area contributed by atoms with Gasteiger partial charge in [0.2, 0.25) is 0 Å². The third-order valence-corrected chi connectivity index (χ3v) is 2.47. The van der Waals surface area contributed by atoms with Crippen LogP contribution in [0.2, 0.25) is 0 Å². The second-order valence-electron chi connectivity index (χ2n) is 1.99. The molecule has 0 amide bonds. The Kier molecular flexibility index (Phi) is 3.06. The molecule has 0 fully saturated rings. The molecular formula is C8H9OSn. The molecule has 0 N–H and O–H groups in total. The monoisotopic (exact) mass is 241 g/mol. The molecule has 1 aromatic rings. The molecule has 0 atom stereocenters. The van der Waals surface area contributed by atoms with E-state index in [9.17, 15) is 0 Å². The van der Waals surface area contributed by atoms with Crippen LogP contribution in [0.4, 0.5) is 0 Å². The first-order valence-corrected chi connectivity index (χ1v) is 5.16. The molecule has 0 spiro atoms. The molecule has 51 valence electrons. The predicted octanol–water partition coefficient (Wildman–Crippen LogP) is 1.36. The van der Waals surface area contributed by atoms with Crippen molar-refractivity contribution in [3.63, 3.8) is 0 Å². The Balaban J connectivity index is 2.96. The van der Waals surface area contributed by atoms with Gasteiger partial charge in [-0.1, -0.05) is 0 Å². The van der Waals surface area contributed by atoms with Gasteiger partial charge in [-0.2, -0.15) is 0 Å². The number of hydrogen-bond donors (Lipinski definition) is 0. The van der Waals surface area contributed by atoms with Gasteiger partial charge in [0.15, 0.2) is 0 Å². The van der Waals surface area contributed by atoms with Crippen molar-refractivity contribution in [1.29, 1.82) is 0 Å². The van der Waals surface area contributed by atoms with Gasteiger partial charge < -0.3 is 0 Å². The molecule has 3 radical (unpaired) electrons. The predicted molar refractivity (Wildman–Crippen MR) is 42.5 cm³/mol. The van der Waals surface area contributed by atoms with Crippen molar-refractivity contribution < 1.29 is 4.74 Å². The third-order valence-electron chi connectivity index (χ3n) is 1.38.